The first kappa shape index (κ1) is 20.6. The Morgan fingerprint density at radius 1 is 1.29 bits per heavy atom. The van der Waals surface area contributed by atoms with Gasteiger partial charge in [0, 0.05) is 10.9 Å². The summed E-state index contributed by atoms with van der Waals surface area (Å²) in [5.74, 6) is 0.734. The van der Waals surface area contributed by atoms with Crippen molar-refractivity contribution in [2.75, 3.05) is 19.4 Å². The second-order valence-electron chi connectivity index (χ2n) is 6.84. The zero-order valence-corrected chi connectivity index (χ0v) is 16.2. The Kier molecular flexibility index (Phi) is 7.90. The minimum atomic E-state index is -0.796. The predicted octanol–water partition coefficient (Wildman–Crippen LogP) is 3.79. The number of nitrogens with zero attached hydrogens (tertiary/aromatic N) is 1. The first-order valence-corrected chi connectivity index (χ1v) is 9.30. The van der Waals surface area contributed by atoms with E-state index in [1.165, 1.54) is 4.90 Å². The Morgan fingerprint density at radius 3 is 2.46 bits per heavy atom. The fraction of sp³-hybridized carbons (Fsp3) is 0.611. The molecule has 24 heavy (non-hydrogen) atoms. The molecule has 0 heterocycles. The lowest BCUT2D eigenvalue weighted by Crippen LogP contribution is -2.46. The normalized spacial score (nSPS) is 12.8. The smallest absolute Gasteiger partial charge is 0.410 e. The van der Waals surface area contributed by atoms with Crippen molar-refractivity contribution in [3.63, 3.8) is 0 Å². The lowest BCUT2D eigenvalue weighted by Gasteiger charge is -2.31. The molecule has 0 spiro atoms. The van der Waals surface area contributed by atoms with Gasteiger partial charge < -0.3 is 19.5 Å². The minimum absolute atomic E-state index is 0.0759. The van der Waals surface area contributed by atoms with Crippen molar-refractivity contribution in [2.24, 2.45) is 0 Å². The summed E-state index contributed by atoms with van der Waals surface area (Å²) in [6.45, 7) is 9.52. The van der Waals surface area contributed by atoms with Crippen molar-refractivity contribution in [3.8, 4) is 5.75 Å². The summed E-state index contributed by atoms with van der Waals surface area (Å²) in [7, 11) is 0. The van der Waals surface area contributed by atoms with Gasteiger partial charge in [-0.3, -0.25) is 0 Å². The number of para-hydroxylation sites is 1. The number of hydrogen-bond acceptors (Lipinski definition) is 5. The number of hydrogen-bond donors (Lipinski definition) is 1. The molecule has 0 aliphatic heterocycles. The van der Waals surface area contributed by atoms with E-state index >= 15 is 0 Å². The lowest BCUT2D eigenvalue weighted by molar-refractivity contribution is 0.00173. The van der Waals surface area contributed by atoms with Crippen molar-refractivity contribution >= 4 is 17.9 Å². The first-order valence-electron chi connectivity index (χ1n) is 8.07. The van der Waals surface area contributed by atoms with Gasteiger partial charge in [0.15, 0.2) is 0 Å². The third kappa shape index (κ3) is 7.01. The average molecular weight is 356 g/mol. The largest absolute Gasteiger partial charge is 0.490 e. The molecule has 1 amide bonds. The van der Waals surface area contributed by atoms with E-state index in [2.05, 4.69) is 0 Å². The molecule has 1 N–H and O–H groups in total. The van der Waals surface area contributed by atoms with Crippen molar-refractivity contribution < 1.29 is 19.4 Å². The Bertz CT molecular complexity index is 528. The molecule has 0 aliphatic carbocycles. The first-order chi connectivity index (χ1) is 11.1. The quantitative estimate of drug-likeness (QED) is 0.754. The summed E-state index contributed by atoms with van der Waals surface area (Å²) in [4.78, 5) is 14.8. The minimum Gasteiger partial charge on any atom is -0.490 e. The van der Waals surface area contributed by atoms with E-state index < -0.39 is 17.8 Å². The number of benzene rings is 1. The van der Waals surface area contributed by atoms with Crippen LogP contribution in [0.15, 0.2) is 29.2 Å². The molecule has 1 atom stereocenters. The van der Waals surface area contributed by atoms with Crippen LogP contribution >= 0.6 is 11.8 Å². The van der Waals surface area contributed by atoms with Gasteiger partial charge in [0.1, 0.15) is 24.1 Å². The second kappa shape index (κ2) is 9.18. The summed E-state index contributed by atoms with van der Waals surface area (Å²) >= 11 is 1.59. The van der Waals surface area contributed by atoms with Crippen molar-refractivity contribution in [3.05, 3.63) is 24.3 Å². The van der Waals surface area contributed by atoms with Crippen molar-refractivity contribution in [1.82, 2.24) is 4.90 Å². The number of aliphatic hydroxyl groups excluding tert-OH is 1. The molecule has 136 valence electrons. The fourth-order valence-electron chi connectivity index (χ4n) is 2.02. The molecule has 1 unspecified atom stereocenters. The van der Waals surface area contributed by atoms with Crippen LogP contribution in [0.3, 0.4) is 0 Å². The van der Waals surface area contributed by atoms with Gasteiger partial charge in [-0.25, -0.2) is 4.79 Å². The highest BCUT2D eigenvalue weighted by Crippen LogP contribution is 2.27. The van der Waals surface area contributed by atoms with Crippen LogP contribution in [0.25, 0.3) is 0 Å². The number of ether oxygens (including phenoxy) is 2. The van der Waals surface area contributed by atoms with Crippen molar-refractivity contribution in [2.45, 2.75) is 57.3 Å². The Balaban J connectivity index is 2.62. The van der Waals surface area contributed by atoms with Crippen LogP contribution in [0.5, 0.6) is 5.75 Å². The van der Waals surface area contributed by atoms with Gasteiger partial charge in [0.2, 0.25) is 0 Å². The number of carbonyl (C=O) groups is 1. The average Bonchev–Trinajstić information content (AvgIpc) is 2.48. The molecule has 0 aromatic heterocycles. The van der Waals surface area contributed by atoms with E-state index in [1.54, 1.807) is 11.8 Å². The number of thioether (sulfide) groups is 1. The highest BCUT2D eigenvalue weighted by Gasteiger charge is 2.26. The van der Waals surface area contributed by atoms with Crippen LogP contribution in [0, 0.1) is 0 Å². The van der Waals surface area contributed by atoms with Gasteiger partial charge in [0.25, 0.3) is 0 Å². The van der Waals surface area contributed by atoms with Crippen molar-refractivity contribution in [1.29, 1.82) is 0 Å². The van der Waals surface area contributed by atoms with E-state index in [4.69, 9.17) is 9.47 Å². The summed E-state index contributed by atoms with van der Waals surface area (Å²) in [5.41, 5.74) is -0.567. The second-order valence-corrected chi connectivity index (χ2v) is 7.69. The van der Waals surface area contributed by atoms with Crippen LogP contribution in [0.4, 0.5) is 4.79 Å². The summed E-state index contributed by atoms with van der Waals surface area (Å²) < 4.78 is 11.1. The Labute approximate surface area is 149 Å². The maximum absolute atomic E-state index is 12.3. The van der Waals surface area contributed by atoms with Crippen LogP contribution in [-0.2, 0) is 4.74 Å². The van der Waals surface area contributed by atoms with E-state index in [0.29, 0.717) is 0 Å². The topological polar surface area (TPSA) is 59.0 Å². The van der Waals surface area contributed by atoms with Crippen LogP contribution in [0.2, 0.25) is 0 Å². The summed E-state index contributed by atoms with van der Waals surface area (Å²) in [6, 6.07) is 7.59. The number of amides is 1. The molecule has 6 heteroatoms. The molecule has 1 rings (SSSR count). The standard InChI is InChI=1S/C18H29NO4S/c1-13(2)19(17(21)23-18(3,4)5)11-14(20)12-22-15-9-7-8-10-16(15)24-6/h7-10,13-14,20H,11-12H2,1-6H3. The predicted molar refractivity (Wildman–Crippen MR) is 97.8 cm³/mol. The van der Waals surface area contributed by atoms with Gasteiger partial charge >= 0.3 is 6.09 Å². The molecule has 0 saturated carbocycles. The summed E-state index contributed by atoms with van der Waals surface area (Å²) in [5, 5.41) is 10.3. The Morgan fingerprint density at radius 2 is 1.92 bits per heavy atom. The van der Waals surface area contributed by atoms with Crippen LogP contribution in [0.1, 0.15) is 34.6 Å². The fourth-order valence-corrected chi connectivity index (χ4v) is 2.56. The van der Waals surface area contributed by atoms with Gasteiger partial charge in [-0.15, -0.1) is 11.8 Å². The van der Waals surface area contributed by atoms with E-state index in [9.17, 15) is 9.90 Å². The third-order valence-corrected chi connectivity index (χ3v) is 3.94. The number of rotatable bonds is 7. The van der Waals surface area contributed by atoms with Gasteiger partial charge in [-0.2, -0.15) is 0 Å². The molecule has 0 radical (unpaired) electrons. The zero-order valence-electron chi connectivity index (χ0n) is 15.4. The summed E-state index contributed by atoms with van der Waals surface area (Å²) in [6.07, 6.45) is 0.748. The maximum Gasteiger partial charge on any atom is 0.410 e. The van der Waals surface area contributed by atoms with E-state index in [1.807, 2.05) is 65.1 Å². The molecular weight excluding hydrogens is 326 g/mol. The molecule has 0 saturated heterocycles. The number of carbonyl (C=O) groups excluding carboxylic acids is 1. The third-order valence-electron chi connectivity index (χ3n) is 3.16. The molecule has 0 aliphatic rings. The number of aliphatic hydroxyl groups is 1. The lowest BCUT2D eigenvalue weighted by atomic mass is 10.2. The van der Waals surface area contributed by atoms with Gasteiger partial charge in [-0.1, -0.05) is 12.1 Å². The molecule has 0 fully saturated rings. The zero-order chi connectivity index (χ0) is 18.3. The molecule has 5 nitrogen and oxygen atoms in total. The van der Waals surface area contributed by atoms with E-state index in [0.717, 1.165) is 10.6 Å². The van der Waals surface area contributed by atoms with Gasteiger partial charge in [0.05, 0.1) is 6.54 Å². The maximum atomic E-state index is 12.3. The molecule has 1 aromatic rings. The van der Waals surface area contributed by atoms with Gasteiger partial charge in [-0.05, 0) is 53.0 Å². The van der Waals surface area contributed by atoms with Crippen LogP contribution < -0.4 is 4.74 Å². The molecular formula is C18H29NO4S. The highest BCUT2D eigenvalue weighted by atomic mass is 32.2. The van der Waals surface area contributed by atoms with Crippen LogP contribution in [-0.4, -0.2) is 53.3 Å². The highest BCUT2D eigenvalue weighted by molar-refractivity contribution is 7.98. The monoisotopic (exact) mass is 355 g/mol. The molecule has 1 aromatic carbocycles. The molecule has 0 bridgehead atoms. The SMILES string of the molecule is CSc1ccccc1OCC(O)CN(C(=O)OC(C)(C)C)C(C)C. The van der Waals surface area contributed by atoms with E-state index in [-0.39, 0.29) is 19.2 Å². The Hall–Kier alpha value is -1.40.